The monoisotopic (exact) mass is 485 g/mol. The van der Waals surface area contributed by atoms with Crippen LogP contribution in [0.15, 0.2) is 0 Å². The molecular formula is C22H26F3N3O2S2. The van der Waals surface area contributed by atoms with Gasteiger partial charge in [0.25, 0.3) is 0 Å². The van der Waals surface area contributed by atoms with Gasteiger partial charge in [-0.15, -0.1) is 22.7 Å². The van der Waals surface area contributed by atoms with E-state index in [4.69, 9.17) is 0 Å². The van der Waals surface area contributed by atoms with E-state index in [0.29, 0.717) is 35.6 Å². The van der Waals surface area contributed by atoms with E-state index < -0.39 is 17.1 Å². The molecule has 0 spiro atoms. The minimum Gasteiger partial charge on any atom is -0.334 e. The highest BCUT2D eigenvalue weighted by Crippen LogP contribution is 2.43. The number of ketones is 1. The zero-order chi connectivity index (χ0) is 23.0. The number of thiophene rings is 2. The van der Waals surface area contributed by atoms with E-state index in [-0.39, 0.29) is 17.9 Å². The number of carbonyl (C=O) groups excluding carboxylic acids is 2. The van der Waals surface area contributed by atoms with E-state index in [9.17, 15) is 22.8 Å². The Morgan fingerprint density at radius 1 is 1.06 bits per heavy atom. The van der Waals surface area contributed by atoms with Crippen molar-refractivity contribution in [1.29, 1.82) is 0 Å². The quantitative estimate of drug-likeness (QED) is 0.541. The van der Waals surface area contributed by atoms with Crippen molar-refractivity contribution in [2.45, 2.75) is 65.2 Å². The van der Waals surface area contributed by atoms with E-state index >= 15 is 0 Å². The zero-order valence-corrected chi connectivity index (χ0v) is 19.7. The molecule has 174 valence electrons. The first kappa shape index (κ1) is 23.3. The molecule has 2 amide bonds. The maximum absolute atomic E-state index is 13.7. The van der Waals surface area contributed by atoms with E-state index in [0.717, 1.165) is 58.9 Å². The molecule has 10 heteroatoms. The number of hydrogen-bond donors (Lipinski definition) is 2. The van der Waals surface area contributed by atoms with Crippen molar-refractivity contribution in [3.8, 4) is 0 Å². The number of amides is 2. The first-order valence-electron chi connectivity index (χ1n) is 10.8. The molecule has 0 aromatic carbocycles. The standard InChI is InChI=1S/C22H26F3N3O2S2/c1-3-28-9-8-13-15(19(22(23,24)25)31-17(13)11-28)10-26-21(30)27-20-18(12(2)29)14-6-4-5-7-16(14)32-20/h3-11H2,1-2H3,(H2,26,27,30). The summed E-state index contributed by atoms with van der Waals surface area (Å²) in [6.45, 7) is 5.28. The Morgan fingerprint density at radius 2 is 1.81 bits per heavy atom. The summed E-state index contributed by atoms with van der Waals surface area (Å²) in [5.74, 6) is -0.105. The van der Waals surface area contributed by atoms with Crippen LogP contribution in [0.2, 0.25) is 0 Å². The maximum atomic E-state index is 13.7. The van der Waals surface area contributed by atoms with Crippen LogP contribution in [0.1, 0.15) is 68.4 Å². The molecule has 1 aliphatic carbocycles. The van der Waals surface area contributed by atoms with Gasteiger partial charge in [-0.2, -0.15) is 13.2 Å². The summed E-state index contributed by atoms with van der Waals surface area (Å²) in [5.41, 5.74) is 2.43. The molecule has 2 aliphatic rings. The molecule has 3 heterocycles. The van der Waals surface area contributed by atoms with Crippen LogP contribution in [0.3, 0.4) is 0 Å². The maximum Gasteiger partial charge on any atom is 0.425 e. The molecule has 0 atom stereocenters. The Hall–Kier alpha value is -1.91. The Bertz CT molecular complexity index is 1040. The number of fused-ring (bicyclic) bond motifs is 2. The fourth-order valence-electron chi connectivity index (χ4n) is 4.55. The van der Waals surface area contributed by atoms with Gasteiger partial charge in [-0.1, -0.05) is 6.92 Å². The number of carbonyl (C=O) groups is 2. The molecule has 0 bridgehead atoms. The van der Waals surface area contributed by atoms with E-state index in [1.807, 2.05) is 6.92 Å². The van der Waals surface area contributed by atoms with Crippen LogP contribution in [0.25, 0.3) is 0 Å². The van der Waals surface area contributed by atoms with Crippen molar-refractivity contribution in [2.75, 3.05) is 18.4 Å². The molecule has 32 heavy (non-hydrogen) atoms. The average molecular weight is 486 g/mol. The van der Waals surface area contributed by atoms with E-state index in [1.54, 1.807) is 0 Å². The summed E-state index contributed by atoms with van der Waals surface area (Å²) >= 11 is 2.19. The van der Waals surface area contributed by atoms with Crippen molar-refractivity contribution < 1.29 is 22.8 Å². The minimum absolute atomic E-state index is 0.105. The number of nitrogens with zero attached hydrogens (tertiary/aromatic N) is 1. The van der Waals surface area contributed by atoms with Crippen molar-refractivity contribution in [3.05, 3.63) is 36.9 Å². The molecule has 0 saturated heterocycles. The lowest BCUT2D eigenvalue weighted by Gasteiger charge is -2.25. The third kappa shape index (κ3) is 4.58. The van der Waals surface area contributed by atoms with Crippen molar-refractivity contribution in [1.82, 2.24) is 10.2 Å². The highest BCUT2D eigenvalue weighted by atomic mass is 32.1. The molecule has 2 aromatic heterocycles. The van der Waals surface area contributed by atoms with Crippen LogP contribution in [-0.2, 0) is 38.5 Å². The van der Waals surface area contributed by atoms with Gasteiger partial charge in [0.1, 0.15) is 9.88 Å². The summed E-state index contributed by atoms with van der Waals surface area (Å²) < 4.78 is 41.1. The number of hydrogen-bond acceptors (Lipinski definition) is 5. The second-order valence-electron chi connectivity index (χ2n) is 8.21. The van der Waals surface area contributed by atoms with Gasteiger partial charge in [0.2, 0.25) is 0 Å². The topological polar surface area (TPSA) is 61.4 Å². The molecule has 0 unspecified atom stereocenters. The first-order chi connectivity index (χ1) is 15.2. The first-order valence-corrected chi connectivity index (χ1v) is 12.5. The number of alkyl halides is 3. The van der Waals surface area contributed by atoms with Gasteiger partial charge in [-0.05, 0) is 62.3 Å². The summed E-state index contributed by atoms with van der Waals surface area (Å²) in [7, 11) is 0. The zero-order valence-electron chi connectivity index (χ0n) is 18.1. The van der Waals surface area contributed by atoms with Gasteiger partial charge >= 0.3 is 12.2 Å². The van der Waals surface area contributed by atoms with E-state index in [1.165, 1.54) is 18.3 Å². The van der Waals surface area contributed by atoms with Crippen LogP contribution in [0, 0.1) is 0 Å². The lowest BCUT2D eigenvalue weighted by molar-refractivity contribution is -0.135. The highest BCUT2D eigenvalue weighted by molar-refractivity contribution is 7.17. The smallest absolute Gasteiger partial charge is 0.334 e. The number of urea groups is 1. The lowest BCUT2D eigenvalue weighted by atomic mass is 9.94. The fraction of sp³-hybridized carbons (Fsp3) is 0.545. The van der Waals surface area contributed by atoms with Crippen LogP contribution < -0.4 is 10.6 Å². The third-order valence-corrected chi connectivity index (χ3v) is 8.64. The molecule has 2 aromatic rings. The Kier molecular flexibility index (Phi) is 6.65. The van der Waals surface area contributed by atoms with Gasteiger partial charge < -0.3 is 5.32 Å². The van der Waals surface area contributed by atoms with Gasteiger partial charge in [0, 0.05) is 29.4 Å². The number of nitrogens with one attached hydrogen (secondary N) is 2. The van der Waals surface area contributed by atoms with Crippen molar-refractivity contribution in [2.24, 2.45) is 0 Å². The molecule has 0 radical (unpaired) electrons. The molecule has 0 fully saturated rings. The van der Waals surface area contributed by atoms with Crippen LogP contribution in [-0.4, -0.2) is 29.8 Å². The molecule has 2 N–H and O–H groups in total. The number of aryl methyl sites for hydroxylation is 1. The van der Waals surface area contributed by atoms with Gasteiger partial charge in [-0.3, -0.25) is 15.0 Å². The van der Waals surface area contributed by atoms with Crippen LogP contribution in [0.5, 0.6) is 0 Å². The second kappa shape index (κ2) is 9.15. The molecule has 1 aliphatic heterocycles. The van der Waals surface area contributed by atoms with E-state index in [2.05, 4.69) is 15.5 Å². The Balaban J connectivity index is 1.52. The molecular weight excluding hydrogens is 459 g/mol. The minimum atomic E-state index is -4.46. The molecule has 4 rings (SSSR count). The number of Topliss-reactive ketones (excluding diaryl/α,β-unsaturated/α-hetero) is 1. The second-order valence-corrected chi connectivity index (χ2v) is 10.4. The highest BCUT2D eigenvalue weighted by Gasteiger charge is 2.39. The van der Waals surface area contributed by atoms with Crippen LogP contribution in [0.4, 0.5) is 23.0 Å². The van der Waals surface area contributed by atoms with Gasteiger partial charge in [-0.25, -0.2) is 4.79 Å². The Morgan fingerprint density at radius 3 is 2.50 bits per heavy atom. The number of rotatable bonds is 5. The molecule has 5 nitrogen and oxygen atoms in total. The summed E-state index contributed by atoms with van der Waals surface area (Å²) in [4.78, 5) is 28.1. The van der Waals surface area contributed by atoms with Gasteiger partial charge in [0.05, 0.1) is 5.56 Å². The third-order valence-electron chi connectivity index (χ3n) is 6.13. The predicted molar refractivity (Wildman–Crippen MR) is 121 cm³/mol. The largest absolute Gasteiger partial charge is 0.425 e. The SMILES string of the molecule is CCN1CCc2c(sc(C(F)(F)F)c2CNC(=O)Nc2sc3c(c2C(C)=O)CCCC3)C1. The van der Waals surface area contributed by atoms with Crippen molar-refractivity contribution >= 4 is 39.5 Å². The number of anilines is 1. The number of halogens is 3. The fourth-order valence-corrected chi connectivity index (χ4v) is 7.16. The predicted octanol–water partition coefficient (Wildman–Crippen LogP) is 5.61. The van der Waals surface area contributed by atoms with Crippen LogP contribution >= 0.6 is 22.7 Å². The lowest BCUT2D eigenvalue weighted by Crippen LogP contribution is -2.31. The van der Waals surface area contributed by atoms with Crippen molar-refractivity contribution in [3.63, 3.8) is 0 Å². The summed E-state index contributed by atoms with van der Waals surface area (Å²) in [6.07, 6.45) is -0.158. The number of likely N-dealkylation sites (N-methyl/N-ethyl adjacent to an activating group) is 1. The van der Waals surface area contributed by atoms with Gasteiger partial charge in [0.15, 0.2) is 5.78 Å². The average Bonchev–Trinajstić information content (AvgIpc) is 3.29. The summed E-state index contributed by atoms with van der Waals surface area (Å²) in [5, 5.41) is 5.82. The summed E-state index contributed by atoms with van der Waals surface area (Å²) in [6, 6.07) is -0.592. The Labute approximate surface area is 193 Å². The molecule has 0 saturated carbocycles. The normalized spacial score (nSPS) is 16.4.